The molecular weight excluding hydrogens is 340 g/mol. The van der Waals surface area contributed by atoms with Crippen LogP contribution in [0.1, 0.15) is 29.2 Å². The third-order valence-electron chi connectivity index (χ3n) is 4.58. The van der Waals surface area contributed by atoms with E-state index >= 15 is 0 Å². The average Bonchev–Trinajstić information content (AvgIpc) is 3.16. The van der Waals surface area contributed by atoms with Crippen molar-refractivity contribution < 1.29 is 14.3 Å². The summed E-state index contributed by atoms with van der Waals surface area (Å²) in [6.07, 6.45) is 0.112. The zero-order chi connectivity index (χ0) is 17.6. The van der Waals surface area contributed by atoms with Gasteiger partial charge in [0, 0.05) is 30.5 Å². The van der Waals surface area contributed by atoms with Gasteiger partial charge >= 0.3 is 0 Å². The minimum Gasteiger partial charge on any atom is -0.495 e. The van der Waals surface area contributed by atoms with Crippen LogP contribution in [-0.4, -0.2) is 28.7 Å². The Hall–Kier alpha value is -2.48. The second-order valence-corrected chi connectivity index (χ2v) is 7.09. The first-order valence-electron chi connectivity index (χ1n) is 7.98. The van der Waals surface area contributed by atoms with Crippen molar-refractivity contribution in [3.63, 3.8) is 0 Å². The van der Waals surface area contributed by atoms with Gasteiger partial charge in [0.1, 0.15) is 11.6 Å². The number of hydrogen-bond donors (Lipinski definition) is 2. The van der Waals surface area contributed by atoms with Crippen LogP contribution in [0.25, 0.3) is 0 Å². The van der Waals surface area contributed by atoms with Crippen molar-refractivity contribution in [3.8, 4) is 5.75 Å². The number of para-hydroxylation sites is 1. The summed E-state index contributed by atoms with van der Waals surface area (Å²) < 4.78 is 7.02. The molecule has 130 valence electrons. The van der Waals surface area contributed by atoms with Crippen LogP contribution in [0.15, 0.2) is 18.2 Å². The number of methoxy groups -OCH3 is 1. The van der Waals surface area contributed by atoms with E-state index in [-0.39, 0.29) is 18.2 Å². The smallest absolute Gasteiger partial charge is 0.233 e. The SMILES string of the molecule is COc1cccc2c1NC(=O)CC2C(=O)Nc1c2c(nn1C)CSC2. The Balaban J connectivity index is 1.67. The van der Waals surface area contributed by atoms with Crippen molar-refractivity contribution in [2.45, 2.75) is 23.8 Å². The molecule has 2 aliphatic rings. The van der Waals surface area contributed by atoms with E-state index in [0.717, 1.165) is 34.1 Å². The van der Waals surface area contributed by atoms with Crippen molar-refractivity contribution in [3.05, 3.63) is 35.0 Å². The predicted octanol–water partition coefficient (Wildman–Crippen LogP) is 2.24. The van der Waals surface area contributed by atoms with Gasteiger partial charge in [0.2, 0.25) is 11.8 Å². The first-order valence-corrected chi connectivity index (χ1v) is 9.14. The summed E-state index contributed by atoms with van der Waals surface area (Å²) >= 11 is 1.78. The fourth-order valence-electron chi connectivity index (χ4n) is 3.36. The number of amides is 2. The number of rotatable bonds is 3. The minimum atomic E-state index is -0.557. The molecule has 4 rings (SSSR count). The monoisotopic (exact) mass is 358 g/mol. The molecule has 7 nitrogen and oxygen atoms in total. The largest absolute Gasteiger partial charge is 0.495 e. The Morgan fingerprint density at radius 1 is 1.44 bits per heavy atom. The van der Waals surface area contributed by atoms with Crippen LogP contribution < -0.4 is 15.4 Å². The highest BCUT2D eigenvalue weighted by molar-refractivity contribution is 7.98. The number of nitrogens with zero attached hydrogens (tertiary/aromatic N) is 2. The molecule has 1 aromatic heterocycles. The number of anilines is 2. The van der Waals surface area contributed by atoms with Crippen molar-refractivity contribution in [1.29, 1.82) is 0 Å². The molecule has 25 heavy (non-hydrogen) atoms. The number of aromatic nitrogens is 2. The van der Waals surface area contributed by atoms with Gasteiger partial charge in [-0.15, -0.1) is 0 Å². The fourth-order valence-corrected chi connectivity index (χ4v) is 4.40. The fraction of sp³-hybridized carbons (Fsp3) is 0.353. The van der Waals surface area contributed by atoms with Gasteiger partial charge in [-0.2, -0.15) is 16.9 Å². The van der Waals surface area contributed by atoms with Crippen molar-refractivity contribution in [2.75, 3.05) is 17.7 Å². The van der Waals surface area contributed by atoms with Gasteiger partial charge in [0.05, 0.1) is 24.4 Å². The molecule has 2 aliphatic heterocycles. The highest BCUT2D eigenvalue weighted by Crippen LogP contribution is 2.40. The van der Waals surface area contributed by atoms with E-state index in [0.29, 0.717) is 11.4 Å². The second-order valence-electron chi connectivity index (χ2n) is 6.11. The summed E-state index contributed by atoms with van der Waals surface area (Å²) in [5, 5.41) is 10.3. The highest BCUT2D eigenvalue weighted by Gasteiger charge is 2.33. The maximum atomic E-state index is 12.9. The standard InChI is InChI=1S/C17H18N4O3S/c1-21-16(11-7-25-8-12(11)20-21)19-17(23)10-6-14(22)18-15-9(10)4-3-5-13(15)24-2/h3-5,10H,6-8H2,1-2H3,(H,18,22)(H,19,23). The Labute approximate surface area is 149 Å². The number of aryl methyl sites for hydroxylation is 1. The molecule has 0 saturated carbocycles. The number of carbonyl (C=O) groups is 2. The van der Waals surface area contributed by atoms with Crippen LogP contribution in [0.5, 0.6) is 5.75 Å². The quantitative estimate of drug-likeness (QED) is 0.879. The lowest BCUT2D eigenvalue weighted by Gasteiger charge is -2.26. The summed E-state index contributed by atoms with van der Waals surface area (Å²) in [6.45, 7) is 0. The van der Waals surface area contributed by atoms with E-state index in [2.05, 4.69) is 15.7 Å². The molecule has 1 unspecified atom stereocenters. The van der Waals surface area contributed by atoms with Gasteiger partial charge < -0.3 is 15.4 Å². The van der Waals surface area contributed by atoms with Gasteiger partial charge in [-0.3, -0.25) is 14.3 Å². The third kappa shape index (κ3) is 2.66. The second kappa shape index (κ2) is 6.11. The van der Waals surface area contributed by atoms with Crippen molar-refractivity contribution in [2.24, 2.45) is 7.05 Å². The summed E-state index contributed by atoms with van der Waals surface area (Å²) in [6, 6.07) is 5.45. The normalized spacial score (nSPS) is 18.3. The van der Waals surface area contributed by atoms with Crippen LogP contribution in [0.2, 0.25) is 0 Å². The molecule has 2 amide bonds. The van der Waals surface area contributed by atoms with Crippen LogP contribution in [0.4, 0.5) is 11.5 Å². The summed E-state index contributed by atoms with van der Waals surface area (Å²) in [7, 11) is 3.37. The summed E-state index contributed by atoms with van der Waals surface area (Å²) in [5.41, 5.74) is 3.44. The molecule has 2 aromatic rings. The molecule has 3 heterocycles. The Bertz CT molecular complexity index is 877. The first-order chi connectivity index (χ1) is 12.1. The van der Waals surface area contributed by atoms with Crippen LogP contribution in [0, 0.1) is 0 Å². The number of nitrogens with one attached hydrogen (secondary N) is 2. The lowest BCUT2D eigenvalue weighted by molar-refractivity contribution is -0.123. The molecule has 8 heteroatoms. The number of thioether (sulfide) groups is 1. The molecule has 2 N–H and O–H groups in total. The van der Waals surface area contributed by atoms with E-state index in [9.17, 15) is 9.59 Å². The lowest BCUT2D eigenvalue weighted by Crippen LogP contribution is -2.31. The molecule has 0 saturated heterocycles. The van der Waals surface area contributed by atoms with E-state index in [1.807, 2.05) is 19.2 Å². The maximum absolute atomic E-state index is 12.9. The van der Waals surface area contributed by atoms with Gasteiger partial charge in [0.25, 0.3) is 0 Å². The molecule has 1 atom stereocenters. The Morgan fingerprint density at radius 2 is 2.28 bits per heavy atom. The molecule has 0 bridgehead atoms. The lowest BCUT2D eigenvalue weighted by atomic mass is 9.89. The van der Waals surface area contributed by atoms with E-state index < -0.39 is 5.92 Å². The van der Waals surface area contributed by atoms with Crippen LogP contribution in [-0.2, 0) is 28.1 Å². The molecule has 1 aromatic carbocycles. The Kier molecular flexibility index (Phi) is 3.91. The van der Waals surface area contributed by atoms with Gasteiger partial charge in [-0.25, -0.2) is 0 Å². The predicted molar refractivity (Wildman–Crippen MR) is 95.8 cm³/mol. The van der Waals surface area contributed by atoms with Crippen molar-refractivity contribution >= 4 is 35.1 Å². The first kappa shape index (κ1) is 16.0. The number of carbonyl (C=O) groups excluding carboxylic acids is 2. The zero-order valence-electron chi connectivity index (χ0n) is 14.0. The van der Waals surface area contributed by atoms with Gasteiger partial charge in [-0.05, 0) is 11.6 Å². The molecule has 0 radical (unpaired) electrons. The number of benzene rings is 1. The topological polar surface area (TPSA) is 85.2 Å². The molecule has 0 spiro atoms. The number of fused-ring (bicyclic) bond motifs is 2. The highest BCUT2D eigenvalue weighted by atomic mass is 32.2. The van der Waals surface area contributed by atoms with Gasteiger partial charge in [-0.1, -0.05) is 12.1 Å². The number of hydrogen-bond acceptors (Lipinski definition) is 5. The zero-order valence-corrected chi connectivity index (χ0v) is 14.8. The summed E-state index contributed by atoms with van der Waals surface area (Å²) in [5.74, 6) is 2.04. The molecule has 0 fully saturated rings. The maximum Gasteiger partial charge on any atom is 0.233 e. The Morgan fingerprint density at radius 3 is 3.08 bits per heavy atom. The van der Waals surface area contributed by atoms with E-state index in [1.54, 1.807) is 29.6 Å². The summed E-state index contributed by atoms with van der Waals surface area (Å²) in [4.78, 5) is 25.0. The van der Waals surface area contributed by atoms with Crippen LogP contribution >= 0.6 is 11.8 Å². The van der Waals surface area contributed by atoms with Gasteiger partial charge in [0.15, 0.2) is 0 Å². The minimum absolute atomic E-state index is 0.112. The average molecular weight is 358 g/mol. The van der Waals surface area contributed by atoms with E-state index in [1.165, 1.54) is 0 Å². The van der Waals surface area contributed by atoms with Crippen LogP contribution in [0.3, 0.4) is 0 Å². The molecular formula is C17H18N4O3S. The van der Waals surface area contributed by atoms with E-state index in [4.69, 9.17) is 4.74 Å². The van der Waals surface area contributed by atoms with Crippen molar-refractivity contribution in [1.82, 2.24) is 9.78 Å². The third-order valence-corrected chi connectivity index (χ3v) is 5.55. The number of ether oxygens (including phenoxy) is 1. The molecule has 0 aliphatic carbocycles.